The van der Waals surface area contributed by atoms with Gasteiger partial charge in [0.25, 0.3) is 0 Å². The molecule has 1 rings (SSSR count). The Balaban J connectivity index is 2.27. The van der Waals surface area contributed by atoms with E-state index in [0.29, 0.717) is 0 Å². The number of anilines is 1. The fourth-order valence-corrected chi connectivity index (χ4v) is 1.45. The van der Waals surface area contributed by atoms with Gasteiger partial charge in [-0.1, -0.05) is 26.2 Å². The van der Waals surface area contributed by atoms with E-state index in [1.807, 2.05) is 10.8 Å². The van der Waals surface area contributed by atoms with Gasteiger partial charge in [0.05, 0.1) is 0 Å². The summed E-state index contributed by atoms with van der Waals surface area (Å²) in [6, 6.07) is 0. The van der Waals surface area contributed by atoms with Crippen LogP contribution in [0.2, 0.25) is 0 Å². The molecular weight excluding hydrogens is 186 g/mol. The second kappa shape index (κ2) is 5.86. The molecule has 0 fully saturated rings. The minimum Gasteiger partial charge on any atom is -0.317 e. The largest absolute Gasteiger partial charge is 0.317 e. The van der Waals surface area contributed by atoms with Gasteiger partial charge in [-0.05, 0) is 6.42 Å². The predicted octanol–water partition coefficient (Wildman–Crippen LogP) is 3.03. The molecule has 4 heteroatoms. The third-order valence-corrected chi connectivity index (χ3v) is 2.22. The van der Waals surface area contributed by atoms with Crippen molar-refractivity contribution in [3.8, 4) is 0 Å². The minimum absolute atomic E-state index is 0.734. The third-order valence-electron chi connectivity index (χ3n) is 2.05. The van der Waals surface area contributed by atoms with E-state index >= 15 is 0 Å². The molecular formula is C9H16ClN3. The number of rotatable bonds is 6. The molecule has 0 unspecified atom stereocenters. The molecule has 0 atom stereocenters. The zero-order valence-corrected chi connectivity index (χ0v) is 8.72. The van der Waals surface area contributed by atoms with Crippen molar-refractivity contribution in [2.24, 2.45) is 0 Å². The number of aromatic nitrogens is 2. The molecule has 0 aliphatic heterocycles. The Morgan fingerprint density at radius 3 is 3.00 bits per heavy atom. The lowest BCUT2D eigenvalue weighted by Crippen LogP contribution is -2.00. The van der Waals surface area contributed by atoms with Gasteiger partial charge in [-0.25, -0.2) is 4.98 Å². The molecule has 0 saturated heterocycles. The minimum atomic E-state index is 0.734. The van der Waals surface area contributed by atoms with Crippen LogP contribution in [0.1, 0.15) is 32.6 Å². The summed E-state index contributed by atoms with van der Waals surface area (Å²) in [6.07, 6.45) is 8.73. The van der Waals surface area contributed by atoms with Crippen molar-refractivity contribution in [3.63, 3.8) is 0 Å². The summed E-state index contributed by atoms with van der Waals surface area (Å²) >= 11 is 5.48. The Bertz CT molecular complexity index is 235. The monoisotopic (exact) mass is 201 g/mol. The van der Waals surface area contributed by atoms with Gasteiger partial charge in [-0.2, -0.15) is 0 Å². The molecule has 0 bridgehead atoms. The number of hydrogen-bond acceptors (Lipinski definition) is 2. The Kier molecular flexibility index (Phi) is 4.68. The molecule has 0 aromatic carbocycles. The fourth-order valence-electron chi connectivity index (χ4n) is 1.30. The van der Waals surface area contributed by atoms with Gasteiger partial charge >= 0.3 is 0 Å². The summed E-state index contributed by atoms with van der Waals surface area (Å²) in [7, 11) is 0. The summed E-state index contributed by atoms with van der Waals surface area (Å²) in [5.41, 5.74) is 0. The molecule has 1 heterocycles. The first-order valence-corrected chi connectivity index (χ1v) is 5.14. The highest BCUT2D eigenvalue weighted by Gasteiger charge is 1.99. The second-order valence-electron chi connectivity index (χ2n) is 3.10. The van der Waals surface area contributed by atoms with Crippen LogP contribution < -0.4 is 4.84 Å². The lowest BCUT2D eigenvalue weighted by molar-refractivity contribution is 0.587. The molecule has 13 heavy (non-hydrogen) atoms. The molecule has 0 saturated carbocycles. The number of aryl methyl sites for hydroxylation is 1. The molecule has 3 nitrogen and oxygen atoms in total. The Morgan fingerprint density at radius 2 is 2.31 bits per heavy atom. The van der Waals surface area contributed by atoms with E-state index in [9.17, 15) is 0 Å². The Labute approximate surface area is 84.2 Å². The number of hydrogen-bond donors (Lipinski definition) is 1. The van der Waals surface area contributed by atoms with Crippen LogP contribution >= 0.6 is 11.8 Å². The molecule has 1 aromatic heterocycles. The van der Waals surface area contributed by atoms with Gasteiger partial charge in [0.15, 0.2) is 0 Å². The fraction of sp³-hybridized carbons (Fsp3) is 0.667. The molecule has 0 spiro atoms. The molecule has 0 aliphatic carbocycles. The van der Waals surface area contributed by atoms with Crippen LogP contribution in [0.25, 0.3) is 0 Å². The van der Waals surface area contributed by atoms with Gasteiger partial charge in [0.2, 0.25) is 5.95 Å². The van der Waals surface area contributed by atoms with Crippen molar-refractivity contribution in [2.45, 2.75) is 39.2 Å². The number of nitrogens with one attached hydrogen (secondary N) is 1. The topological polar surface area (TPSA) is 29.9 Å². The maximum atomic E-state index is 5.48. The summed E-state index contributed by atoms with van der Waals surface area (Å²) in [5.74, 6) is 0.734. The first-order valence-electron chi connectivity index (χ1n) is 4.76. The van der Waals surface area contributed by atoms with Gasteiger partial charge in [0.1, 0.15) is 0 Å². The van der Waals surface area contributed by atoms with E-state index in [1.54, 1.807) is 6.20 Å². The molecule has 0 aliphatic rings. The van der Waals surface area contributed by atoms with Crippen molar-refractivity contribution in [3.05, 3.63) is 12.4 Å². The number of nitrogens with zero attached hydrogens (tertiary/aromatic N) is 2. The van der Waals surface area contributed by atoms with E-state index < -0.39 is 0 Å². The standard InChI is InChI=1S/C9H16ClN3/c1-2-3-4-5-7-13-8-6-11-9(13)12-10/h6,8H,2-5,7H2,1H3,(H,11,12). The zero-order chi connectivity index (χ0) is 9.52. The lowest BCUT2D eigenvalue weighted by Gasteiger charge is -2.04. The van der Waals surface area contributed by atoms with Crippen molar-refractivity contribution in [1.82, 2.24) is 9.55 Å². The highest BCUT2D eigenvalue weighted by Crippen LogP contribution is 2.08. The van der Waals surface area contributed by atoms with Crippen LogP contribution in [-0.2, 0) is 6.54 Å². The van der Waals surface area contributed by atoms with E-state index in [1.165, 1.54) is 25.7 Å². The van der Waals surface area contributed by atoms with Crippen LogP contribution in [0.3, 0.4) is 0 Å². The number of halogens is 1. The van der Waals surface area contributed by atoms with Crippen LogP contribution in [0.5, 0.6) is 0 Å². The highest BCUT2D eigenvalue weighted by molar-refractivity contribution is 6.23. The number of unbranched alkanes of at least 4 members (excludes halogenated alkanes) is 3. The van der Waals surface area contributed by atoms with Crippen LogP contribution in [0, 0.1) is 0 Å². The lowest BCUT2D eigenvalue weighted by atomic mass is 10.2. The van der Waals surface area contributed by atoms with Crippen molar-refractivity contribution < 1.29 is 0 Å². The highest BCUT2D eigenvalue weighted by atomic mass is 35.5. The average Bonchev–Trinajstić information content (AvgIpc) is 2.60. The predicted molar refractivity (Wildman–Crippen MR) is 55.8 cm³/mol. The number of imidazole rings is 1. The quantitative estimate of drug-likeness (QED) is 0.567. The second-order valence-corrected chi connectivity index (χ2v) is 3.29. The van der Waals surface area contributed by atoms with E-state index in [2.05, 4.69) is 16.7 Å². The summed E-state index contributed by atoms with van der Waals surface area (Å²) in [5, 5.41) is 0. The summed E-state index contributed by atoms with van der Waals surface area (Å²) in [6.45, 7) is 3.21. The SMILES string of the molecule is CCCCCCn1ccnc1NCl. The Morgan fingerprint density at radius 1 is 1.46 bits per heavy atom. The summed E-state index contributed by atoms with van der Waals surface area (Å²) in [4.78, 5) is 6.59. The molecule has 1 N–H and O–H groups in total. The van der Waals surface area contributed by atoms with E-state index in [-0.39, 0.29) is 0 Å². The average molecular weight is 202 g/mol. The molecule has 0 amide bonds. The van der Waals surface area contributed by atoms with Crippen molar-refractivity contribution in [1.29, 1.82) is 0 Å². The maximum Gasteiger partial charge on any atom is 0.217 e. The van der Waals surface area contributed by atoms with Gasteiger partial charge in [-0.15, -0.1) is 0 Å². The van der Waals surface area contributed by atoms with Crippen molar-refractivity contribution >= 4 is 17.7 Å². The van der Waals surface area contributed by atoms with Crippen molar-refractivity contribution in [2.75, 3.05) is 4.84 Å². The molecule has 74 valence electrons. The first-order chi connectivity index (χ1) is 6.38. The van der Waals surface area contributed by atoms with Gasteiger partial charge in [-0.3, -0.25) is 4.84 Å². The van der Waals surface area contributed by atoms with E-state index in [0.717, 1.165) is 12.5 Å². The van der Waals surface area contributed by atoms with Crippen LogP contribution in [-0.4, -0.2) is 9.55 Å². The third kappa shape index (κ3) is 3.27. The van der Waals surface area contributed by atoms with E-state index in [4.69, 9.17) is 11.8 Å². The van der Waals surface area contributed by atoms with Crippen LogP contribution in [0.4, 0.5) is 5.95 Å². The summed E-state index contributed by atoms with van der Waals surface area (Å²) < 4.78 is 2.03. The smallest absolute Gasteiger partial charge is 0.217 e. The zero-order valence-electron chi connectivity index (χ0n) is 7.96. The molecule has 1 aromatic rings. The maximum absolute atomic E-state index is 5.48. The first kappa shape index (κ1) is 10.4. The molecule has 0 radical (unpaired) electrons. The Hall–Kier alpha value is -0.700. The van der Waals surface area contributed by atoms with Gasteiger partial charge < -0.3 is 4.57 Å². The normalized spacial score (nSPS) is 10.3. The van der Waals surface area contributed by atoms with Gasteiger partial charge in [0, 0.05) is 30.7 Å². The van der Waals surface area contributed by atoms with Crippen LogP contribution in [0.15, 0.2) is 12.4 Å².